The second kappa shape index (κ2) is 6.46. The molecule has 0 fully saturated rings. The highest BCUT2D eigenvalue weighted by Crippen LogP contribution is 2.27. The number of benzene rings is 3. The summed E-state index contributed by atoms with van der Waals surface area (Å²) < 4.78 is 0. The van der Waals surface area contributed by atoms with E-state index in [9.17, 15) is 0 Å². The molecule has 3 aromatic carbocycles. The van der Waals surface area contributed by atoms with Crippen molar-refractivity contribution in [3.63, 3.8) is 0 Å². The Balaban J connectivity index is 1.69. The van der Waals surface area contributed by atoms with E-state index in [0.717, 1.165) is 17.1 Å². The molecule has 0 spiro atoms. The van der Waals surface area contributed by atoms with Gasteiger partial charge in [0.25, 0.3) is 0 Å². The molecule has 118 valence electrons. The van der Waals surface area contributed by atoms with E-state index in [-0.39, 0.29) is 6.29 Å². The Morgan fingerprint density at radius 1 is 0.667 bits per heavy atom. The second-order valence-corrected chi connectivity index (χ2v) is 5.54. The van der Waals surface area contributed by atoms with Crippen LogP contribution >= 0.6 is 0 Å². The van der Waals surface area contributed by atoms with Crippen molar-refractivity contribution >= 4 is 23.4 Å². The van der Waals surface area contributed by atoms with Crippen LogP contribution in [0.5, 0.6) is 0 Å². The van der Waals surface area contributed by atoms with Gasteiger partial charge in [0.2, 0.25) is 6.29 Å². The van der Waals surface area contributed by atoms with E-state index in [1.54, 1.807) is 0 Å². The lowest BCUT2D eigenvalue weighted by molar-refractivity contribution is 0.733. The van der Waals surface area contributed by atoms with Crippen LogP contribution in [0.3, 0.4) is 0 Å². The van der Waals surface area contributed by atoms with Crippen LogP contribution in [0.15, 0.2) is 96.1 Å². The average Bonchev–Trinajstić information content (AvgIpc) is 3.07. The molecule has 1 heterocycles. The smallest absolute Gasteiger partial charge is 0.204 e. The predicted molar refractivity (Wildman–Crippen MR) is 100 cm³/mol. The van der Waals surface area contributed by atoms with E-state index < -0.39 is 0 Å². The van der Waals surface area contributed by atoms with Gasteiger partial charge in [0.15, 0.2) is 0 Å². The monoisotopic (exact) mass is 314 g/mol. The molecule has 1 aliphatic heterocycles. The third-order valence-corrected chi connectivity index (χ3v) is 3.94. The number of rotatable bonds is 4. The standard InChI is InChI=1S/C20H18N4/c1-4-10-17(11-5-1)22-20-23(18-12-6-2-7-13-18)16-21-24(20)19-14-8-3-9-15-19/h1-16,20,22H. The van der Waals surface area contributed by atoms with Gasteiger partial charge in [-0.1, -0.05) is 54.6 Å². The Labute approximate surface area is 141 Å². The lowest BCUT2D eigenvalue weighted by Crippen LogP contribution is -2.46. The molecular formula is C20H18N4. The Kier molecular flexibility index (Phi) is 3.86. The maximum Gasteiger partial charge on any atom is 0.204 e. The van der Waals surface area contributed by atoms with E-state index in [4.69, 9.17) is 0 Å². The fourth-order valence-corrected chi connectivity index (χ4v) is 2.77. The van der Waals surface area contributed by atoms with Crippen LogP contribution in [0.2, 0.25) is 0 Å². The van der Waals surface area contributed by atoms with E-state index in [1.807, 2.05) is 65.9 Å². The largest absolute Gasteiger partial charge is 0.346 e. The predicted octanol–water partition coefficient (Wildman–Crippen LogP) is 4.35. The summed E-state index contributed by atoms with van der Waals surface area (Å²) in [6.45, 7) is 0. The van der Waals surface area contributed by atoms with Crippen molar-refractivity contribution in [2.24, 2.45) is 5.10 Å². The first-order valence-corrected chi connectivity index (χ1v) is 7.95. The van der Waals surface area contributed by atoms with Crippen LogP contribution in [0.1, 0.15) is 0 Å². The van der Waals surface area contributed by atoms with Crippen molar-refractivity contribution < 1.29 is 0 Å². The first kappa shape index (κ1) is 14.3. The molecule has 1 N–H and O–H groups in total. The normalized spacial score (nSPS) is 16.4. The summed E-state index contributed by atoms with van der Waals surface area (Å²) in [6, 6.07) is 30.6. The quantitative estimate of drug-likeness (QED) is 0.776. The minimum atomic E-state index is -0.128. The lowest BCUT2D eigenvalue weighted by Gasteiger charge is -2.31. The molecule has 0 saturated carbocycles. The molecule has 4 rings (SSSR count). The zero-order chi connectivity index (χ0) is 16.2. The van der Waals surface area contributed by atoms with E-state index in [0.29, 0.717) is 0 Å². The highest BCUT2D eigenvalue weighted by molar-refractivity contribution is 5.85. The summed E-state index contributed by atoms with van der Waals surface area (Å²) in [6.07, 6.45) is 1.74. The highest BCUT2D eigenvalue weighted by Gasteiger charge is 2.30. The average molecular weight is 314 g/mol. The van der Waals surface area contributed by atoms with Gasteiger partial charge in [-0.05, 0) is 36.4 Å². The van der Waals surface area contributed by atoms with Gasteiger partial charge in [0.05, 0.1) is 5.69 Å². The van der Waals surface area contributed by atoms with Crippen LogP contribution in [-0.2, 0) is 0 Å². The van der Waals surface area contributed by atoms with Gasteiger partial charge in [-0.3, -0.25) is 4.90 Å². The lowest BCUT2D eigenvalue weighted by atomic mass is 10.2. The maximum atomic E-state index is 4.61. The molecule has 1 aliphatic rings. The van der Waals surface area contributed by atoms with Crippen molar-refractivity contribution in [2.75, 3.05) is 15.2 Å². The van der Waals surface area contributed by atoms with Crippen molar-refractivity contribution in [1.29, 1.82) is 0 Å². The van der Waals surface area contributed by atoms with Gasteiger partial charge in [-0.15, -0.1) is 0 Å². The number of para-hydroxylation sites is 3. The van der Waals surface area contributed by atoms with E-state index in [2.05, 4.69) is 51.7 Å². The Bertz CT molecular complexity index is 753. The van der Waals surface area contributed by atoms with Crippen molar-refractivity contribution in [3.05, 3.63) is 91.0 Å². The highest BCUT2D eigenvalue weighted by atomic mass is 15.7. The van der Waals surface area contributed by atoms with Crippen LogP contribution in [0.25, 0.3) is 0 Å². The Morgan fingerprint density at radius 3 is 1.83 bits per heavy atom. The van der Waals surface area contributed by atoms with Crippen LogP contribution in [0, 0.1) is 0 Å². The number of hydrogen-bond acceptors (Lipinski definition) is 4. The van der Waals surface area contributed by atoms with Crippen LogP contribution in [0.4, 0.5) is 17.1 Å². The first-order valence-electron chi connectivity index (χ1n) is 7.95. The number of hydrogen-bond donors (Lipinski definition) is 1. The number of nitrogens with one attached hydrogen (secondary N) is 1. The maximum absolute atomic E-state index is 4.61. The second-order valence-electron chi connectivity index (χ2n) is 5.54. The van der Waals surface area contributed by atoms with Crippen molar-refractivity contribution in [1.82, 2.24) is 0 Å². The molecule has 0 aliphatic carbocycles. The molecule has 0 amide bonds. The van der Waals surface area contributed by atoms with E-state index in [1.165, 1.54) is 0 Å². The molecule has 4 heteroatoms. The SMILES string of the molecule is C1=NN(c2ccccc2)C(Nc2ccccc2)N1c1ccccc1. The fraction of sp³-hybridized carbons (Fsp3) is 0.0500. The van der Waals surface area contributed by atoms with Gasteiger partial charge >= 0.3 is 0 Å². The molecule has 3 aromatic rings. The summed E-state index contributed by atoms with van der Waals surface area (Å²) >= 11 is 0. The zero-order valence-corrected chi connectivity index (χ0v) is 13.2. The fourth-order valence-electron chi connectivity index (χ4n) is 2.77. The molecule has 1 atom stereocenters. The number of anilines is 3. The molecular weight excluding hydrogens is 296 g/mol. The van der Waals surface area contributed by atoms with Gasteiger partial charge in [-0.2, -0.15) is 5.10 Å². The molecule has 0 aromatic heterocycles. The van der Waals surface area contributed by atoms with Gasteiger partial charge in [0.1, 0.15) is 6.34 Å². The van der Waals surface area contributed by atoms with Gasteiger partial charge in [-0.25, -0.2) is 5.01 Å². The molecule has 4 nitrogen and oxygen atoms in total. The molecule has 0 bridgehead atoms. The Hall–Kier alpha value is -3.27. The minimum Gasteiger partial charge on any atom is -0.346 e. The summed E-state index contributed by atoms with van der Waals surface area (Å²) in [5.41, 5.74) is 3.18. The van der Waals surface area contributed by atoms with Gasteiger partial charge in [0, 0.05) is 11.4 Å². The summed E-state index contributed by atoms with van der Waals surface area (Å²) in [5, 5.41) is 10.2. The van der Waals surface area contributed by atoms with Gasteiger partial charge < -0.3 is 5.32 Å². The molecule has 24 heavy (non-hydrogen) atoms. The topological polar surface area (TPSA) is 30.9 Å². The molecule has 0 saturated heterocycles. The van der Waals surface area contributed by atoms with Crippen molar-refractivity contribution in [2.45, 2.75) is 6.29 Å². The minimum absolute atomic E-state index is 0.128. The summed E-state index contributed by atoms with van der Waals surface area (Å²) in [7, 11) is 0. The molecule has 1 unspecified atom stereocenters. The van der Waals surface area contributed by atoms with Crippen molar-refractivity contribution in [3.8, 4) is 0 Å². The molecule has 0 radical (unpaired) electrons. The summed E-state index contributed by atoms with van der Waals surface area (Å²) in [4.78, 5) is 2.12. The van der Waals surface area contributed by atoms with E-state index >= 15 is 0 Å². The van der Waals surface area contributed by atoms with Crippen LogP contribution < -0.4 is 15.2 Å². The first-order chi connectivity index (χ1) is 11.9. The zero-order valence-electron chi connectivity index (χ0n) is 13.2. The third-order valence-electron chi connectivity index (χ3n) is 3.94. The number of nitrogens with zero attached hydrogens (tertiary/aromatic N) is 3. The number of hydrazone groups is 1. The van der Waals surface area contributed by atoms with Crippen LogP contribution in [-0.4, -0.2) is 12.6 Å². The third kappa shape index (κ3) is 2.82. The summed E-state index contributed by atoms with van der Waals surface area (Å²) in [5.74, 6) is 0. The Morgan fingerprint density at radius 2 is 1.21 bits per heavy atom.